The summed E-state index contributed by atoms with van der Waals surface area (Å²) in [6.07, 6.45) is 0. The van der Waals surface area contributed by atoms with Crippen LogP contribution in [-0.4, -0.2) is 52.2 Å². The van der Waals surface area contributed by atoms with Gasteiger partial charge in [0.1, 0.15) is 5.75 Å². The number of aryl methyl sites for hydroxylation is 1. The van der Waals surface area contributed by atoms with Crippen molar-refractivity contribution in [2.45, 2.75) is 25.1 Å². The predicted molar refractivity (Wildman–Crippen MR) is 131 cm³/mol. The standard InChI is InChI=1S/C27H27N3O6/c1-17-6-3-4-9-21(17)24(31)30-13-12-28-26(30)22-15-20(36-2)10-11-23(22)29(25(26)32)16-18-7-5-8-19(14-18)27(33,34)35/h3-11,14-15,28,33-35H,12-13,16H2,1-2H3. The third-order valence-corrected chi connectivity index (χ3v) is 6.84. The van der Waals surface area contributed by atoms with Crippen molar-refractivity contribution < 1.29 is 29.6 Å². The number of methoxy groups -OCH3 is 1. The Morgan fingerprint density at radius 2 is 1.86 bits per heavy atom. The first kappa shape index (κ1) is 24.0. The summed E-state index contributed by atoms with van der Waals surface area (Å²) in [5.41, 5.74) is 1.57. The molecule has 1 atom stereocenters. The van der Waals surface area contributed by atoms with Gasteiger partial charge >= 0.3 is 5.97 Å². The molecule has 1 unspecified atom stereocenters. The zero-order chi connectivity index (χ0) is 25.7. The SMILES string of the molecule is COc1ccc2c(c1)C1(NCCN1C(=O)c1ccccc1C)C(=O)N2Cc1cccc(C(O)(O)O)c1. The Morgan fingerprint density at radius 3 is 2.58 bits per heavy atom. The number of fused-ring (bicyclic) bond motifs is 2. The largest absolute Gasteiger partial charge is 0.497 e. The molecule has 2 aliphatic rings. The molecule has 1 saturated heterocycles. The Balaban J connectivity index is 1.60. The zero-order valence-corrected chi connectivity index (χ0v) is 19.9. The molecule has 1 spiro atoms. The normalized spacial score (nSPS) is 19.2. The lowest BCUT2D eigenvalue weighted by molar-refractivity contribution is -0.323. The lowest BCUT2D eigenvalue weighted by Gasteiger charge is -2.34. The molecule has 4 N–H and O–H groups in total. The van der Waals surface area contributed by atoms with Crippen molar-refractivity contribution in [3.8, 4) is 5.75 Å². The van der Waals surface area contributed by atoms with Crippen LogP contribution >= 0.6 is 0 Å². The van der Waals surface area contributed by atoms with Crippen LogP contribution in [0.25, 0.3) is 0 Å². The van der Waals surface area contributed by atoms with Gasteiger partial charge in [0.25, 0.3) is 11.8 Å². The molecule has 0 radical (unpaired) electrons. The van der Waals surface area contributed by atoms with Crippen molar-refractivity contribution in [3.05, 3.63) is 94.5 Å². The summed E-state index contributed by atoms with van der Waals surface area (Å²) in [4.78, 5) is 31.1. The first-order chi connectivity index (χ1) is 17.2. The van der Waals surface area contributed by atoms with Gasteiger partial charge < -0.3 is 29.9 Å². The minimum Gasteiger partial charge on any atom is -0.497 e. The van der Waals surface area contributed by atoms with E-state index in [9.17, 15) is 24.9 Å². The average molecular weight is 490 g/mol. The van der Waals surface area contributed by atoms with Gasteiger partial charge in [0.15, 0.2) is 0 Å². The zero-order valence-electron chi connectivity index (χ0n) is 19.9. The van der Waals surface area contributed by atoms with Crippen LogP contribution in [0.3, 0.4) is 0 Å². The highest BCUT2D eigenvalue weighted by Gasteiger charge is 2.59. The Labute approximate surface area is 208 Å². The number of rotatable bonds is 5. The molecule has 3 aromatic carbocycles. The van der Waals surface area contributed by atoms with Crippen molar-refractivity contribution in [2.24, 2.45) is 0 Å². The molecule has 0 aliphatic carbocycles. The molecular weight excluding hydrogens is 462 g/mol. The van der Waals surface area contributed by atoms with E-state index in [0.717, 1.165) is 5.56 Å². The van der Waals surface area contributed by atoms with Crippen LogP contribution in [0.2, 0.25) is 0 Å². The second kappa shape index (κ2) is 8.72. The Hall–Kier alpha value is -3.76. The van der Waals surface area contributed by atoms with E-state index >= 15 is 0 Å². The van der Waals surface area contributed by atoms with E-state index in [1.807, 2.05) is 19.1 Å². The minimum atomic E-state index is -3.00. The van der Waals surface area contributed by atoms with Gasteiger partial charge in [-0.25, -0.2) is 0 Å². The quantitative estimate of drug-likeness (QED) is 0.401. The van der Waals surface area contributed by atoms with Gasteiger partial charge in [-0.2, -0.15) is 0 Å². The van der Waals surface area contributed by atoms with Crippen LogP contribution in [-0.2, 0) is 23.0 Å². The highest BCUT2D eigenvalue weighted by molar-refractivity contribution is 6.11. The Kier molecular flexibility index (Phi) is 5.80. The molecule has 0 bridgehead atoms. The molecule has 2 aliphatic heterocycles. The van der Waals surface area contributed by atoms with E-state index in [1.165, 1.54) is 19.2 Å². The van der Waals surface area contributed by atoms with Crippen molar-refractivity contribution >= 4 is 17.5 Å². The van der Waals surface area contributed by atoms with Gasteiger partial charge in [-0.3, -0.25) is 14.9 Å². The third kappa shape index (κ3) is 3.73. The number of carbonyl (C=O) groups is 2. The lowest BCUT2D eigenvalue weighted by atomic mass is 9.98. The fourth-order valence-electron chi connectivity index (χ4n) is 5.06. The minimum absolute atomic E-state index is 0.0813. The molecule has 1 fully saturated rings. The van der Waals surface area contributed by atoms with E-state index in [4.69, 9.17) is 4.74 Å². The van der Waals surface area contributed by atoms with Crippen molar-refractivity contribution in [1.29, 1.82) is 0 Å². The van der Waals surface area contributed by atoms with Crippen LogP contribution < -0.4 is 15.0 Å². The molecule has 9 heteroatoms. The summed E-state index contributed by atoms with van der Waals surface area (Å²) in [6.45, 7) is 2.70. The molecular formula is C27H27N3O6. The van der Waals surface area contributed by atoms with E-state index in [1.54, 1.807) is 52.3 Å². The second-order valence-corrected chi connectivity index (χ2v) is 9.02. The number of carbonyl (C=O) groups excluding carboxylic acids is 2. The number of hydrogen-bond acceptors (Lipinski definition) is 7. The Morgan fingerprint density at radius 1 is 1.08 bits per heavy atom. The van der Waals surface area contributed by atoms with E-state index < -0.39 is 11.6 Å². The van der Waals surface area contributed by atoms with E-state index in [2.05, 4.69) is 5.32 Å². The second-order valence-electron chi connectivity index (χ2n) is 9.02. The molecule has 2 amide bonds. The molecule has 0 aromatic heterocycles. The molecule has 3 aromatic rings. The van der Waals surface area contributed by atoms with E-state index in [0.29, 0.717) is 41.2 Å². The predicted octanol–water partition coefficient (Wildman–Crippen LogP) is 1.54. The molecule has 0 saturated carbocycles. The van der Waals surface area contributed by atoms with Crippen molar-refractivity contribution in [3.63, 3.8) is 0 Å². The summed E-state index contributed by atoms with van der Waals surface area (Å²) in [5, 5.41) is 32.1. The highest BCUT2D eigenvalue weighted by atomic mass is 16.7. The number of nitrogens with zero attached hydrogens (tertiary/aromatic N) is 2. The number of benzene rings is 3. The van der Waals surface area contributed by atoms with Crippen LogP contribution in [0.5, 0.6) is 5.75 Å². The van der Waals surface area contributed by atoms with Crippen LogP contribution in [0.15, 0.2) is 66.7 Å². The van der Waals surface area contributed by atoms with Gasteiger partial charge in [0.2, 0.25) is 5.66 Å². The number of nitrogens with one attached hydrogen (secondary N) is 1. The number of amides is 2. The molecule has 36 heavy (non-hydrogen) atoms. The summed E-state index contributed by atoms with van der Waals surface area (Å²) in [6, 6.07) is 18.6. The van der Waals surface area contributed by atoms with Gasteiger partial charge in [-0.1, -0.05) is 36.4 Å². The van der Waals surface area contributed by atoms with Gasteiger partial charge in [0, 0.05) is 29.8 Å². The maximum atomic E-state index is 14.2. The lowest BCUT2D eigenvalue weighted by Crippen LogP contribution is -2.57. The highest BCUT2D eigenvalue weighted by Crippen LogP contribution is 2.47. The monoisotopic (exact) mass is 489 g/mol. The van der Waals surface area contributed by atoms with Crippen LogP contribution in [0.1, 0.15) is 32.6 Å². The number of aliphatic hydroxyl groups is 3. The maximum absolute atomic E-state index is 14.2. The summed E-state index contributed by atoms with van der Waals surface area (Å²) < 4.78 is 5.44. The smallest absolute Gasteiger partial charge is 0.304 e. The van der Waals surface area contributed by atoms with Crippen molar-refractivity contribution in [1.82, 2.24) is 10.2 Å². The first-order valence-corrected chi connectivity index (χ1v) is 11.6. The van der Waals surface area contributed by atoms with Gasteiger partial charge in [-0.05, 0) is 48.4 Å². The third-order valence-electron chi connectivity index (χ3n) is 6.84. The molecule has 9 nitrogen and oxygen atoms in total. The maximum Gasteiger partial charge on any atom is 0.304 e. The van der Waals surface area contributed by atoms with E-state index in [-0.39, 0.29) is 23.9 Å². The fourth-order valence-corrected chi connectivity index (χ4v) is 5.06. The Bertz CT molecular complexity index is 1350. The summed E-state index contributed by atoms with van der Waals surface area (Å²) >= 11 is 0. The number of anilines is 1. The molecule has 186 valence electrons. The van der Waals surface area contributed by atoms with Crippen LogP contribution in [0.4, 0.5) is 5.69 Å². The molecule has 5 rings (SSSR count). The van der Waals surface area contributed by atoms with Gasteiger partial charge in [-0.15, -0.1) is 0 Å². The molecule has 2 heterocycles. The number of ether oxygens (including phenoxy) is 1. The van der Waals surface area contributed by atoms with Gasteiger partial charge in [0.05, 0.1) is 19.3 Å². The summed E-state index contributed by atoms with van der Waals surface area (Å²) in [5.74, 6) is -3.04. The van der Waals surface area contributed by atoms with Crippen LogP contribution in [0, 0.1) is 6.92 Å². The first-order valence-electron chi connectivity index (χ1n) is 11.6. The van der Waals surface area contributed by atoms with Crippen molar-refractivity contribution in [2.75, 3.05) is 25.1 Å². The topological polar surface area (TPSA) is 123 Å². The summed E-state index contributed by atoms with van der Waals surface area (Å²) in [7, 11) is 1.54. The number of hydrogen-bond donors (Lipinski definition) is 4. The average Bonchev–Trinajstić information content (AvgIpc) is 3.40. The fraction of sp³-hybridized carbons (Fsp3) is 0.259.